The zero-order chi connectivity index (χ0) is 27.7. The molecule has 0 unspecified atom stereocenters. The van der Waals surface area contributed by atoms with E-state index in [4.69, 9.17) is 28.6 Å². The number of nitrogens with one attached hydrogen (secondary N) is 2. The van der Waals surface area contributed by atoms with Gasteiger partial charge in [-0.3, -0.25) is 9.78 Å². The van der Waals surface area contributed by atoms with E-state index < -0.39 is 0 Å². The van der Waals surface area contributed by atoms with Crippen LogP contribution in [0.25, 0.3) is 5.69 Å². The molecule has 3 heterocycles. The number of pyridine rings is 1. The van der Waals surface area contributed by atoms with Gasteiger partial charge < -0.3 is 24.8 Å². The summed E-state index contributed by atoms with van der Waals surface area (Å²) in [6, 6.07) is 21.4. The van der Waals surface area contributed by atoms with Crippen molar-refractivity contribution in [1.29, 1.82) is 0 Å². The van der Waals surface area contributed by atoms with Crippen molar-refractivity contribution in [3.8, 4) is 5.69 Å². The Bertz CT molecular complexity index is 1520. The Morgan fingerprint density at radius 3 is 2.56 bits per heavy atom. The van der Waals surface area contributed by atoms with Crippen LogP contribution in [0.5, 0.6) is 0 Å². The maximum Gasteiger partial charge on any atom is 0.250 e. The van der Waals surface area contributed by atoms with Crippen LogP contribution in [0, 0.1) is 20.8 Å². The van der Waals surface area contributed by atoms with E-state index in [2.05, 4.69) is 51.9 Å². The number of rotatable bonds is 7. The second-order valence-corrected chi connectivity index (χ2v) is 10.4. The first-order chi connectivity index (χ1) is 18.8. The van der Waals surface area contributed by atoms with Gasteiger partial charge in [-0.1, -0.05) is 23.7 Å². The fourth-order valence-electron chi connectivity index (χ4n) is 5.26. The molecule has 2 N–H and O–H groups in total. The van der Waals surface area contributed by atoms with Gasteiger partial charge in [-0.15, -0.1) is 0 Å². The summed E-state index contributed by atoms with van der Waals surface area (Å²) in [6.45, 7) is 6.32. The number of benzene rings is 2. The predicted molar refractivity (Wildman–Crippen MR) is 160 cm³/mol. The summed E-state index contributed by atoms with van der Waals surface area (Å²) in [5.74, 6) is -0.208. The highest BCUT2D eigenvalue weighted by Crippen LogP contribution is 2.44. The molecule has 1 fully saturated rings. The average molecular weight is 560 g/mol. The molecule has 1 saturated heterocycles. The van der Waals surface area contributed by atoms with Crippen LogP contribution in [0.2, 0.25) is 5.02 Å². The third-order valence-electron chi connectivity index (χ3n) is 7.00. The minimum atomic E-state index is -0.208. The Kier molecular flexibility index (Phi) is 7.70. The van der Waals surface area contributed by atoms with E-state index in [1.54, 1.807) is 6.20 Å². The number of carbonyl (C=O) groups is 1. The fourth-order valence-corrected chi connectivity index (χ4v) is 5.78. The predicted octanol–water partition coefficient (Wildman–Crippen LogP) is 6.21. The van der Waals surface area contributed by atoms with Crippen molar-refractivity contribution in [3.05, 3.63) is 106 Å². The van der Waals surface area contributed by atoms with Gasteiger partial charge in [-0.25, -0.2) is 0 Å². The normalized spacial score (nSPS) is 16.8. The molecule has 0 radical (unpaired) electrons. The Labute approximate surface area is 238 Å². The average Bonchev–Trinajstić information content (AvgIpc) is 3.41. The maximum absolute atomic E-state index is 12.0. The van der Waals surface area contributed by atoms with Gasteiger partial charge in [0.25, 0.3) is 0 Å². The number of aromatic nitrogens is 2. The summed E-state index contributed by atoms with van der Waals surface area (Å²) in [4.78, 5) is 18.8. The molecule has 2 aromatic carbocycles. The van der Waals surface area contributed by atoms with E-state index in [0.29, 0.717) is 15.8 Å². The van der Waals surface area contributed by atoms with Gasteiger partial charge in [0.2, 0.25) is 5.91 Å². The van der Waals surface area contributed by atoms with Crippen molar-refractivity contribution in [1.82, 2.24) is 14.9 Å². The Morgan fingerprint density at radius 1 is 1.10 bits per heavy atom. The first kappa shape index (κ1) is 26.9. The van der Waals surface area contributed by atoms with Gasteiger partial charge in [-0.05, 0) is 98.7 Å². The number of amides is 1. The van der Waals surface area contributed by atoms with Crippen molar-refractivity contribution in [2.24, 2.45) is 0 Å². The third kappa shape index (κ3) is 5.28. The number of thiocarbonyl (C=S) groups is 1. The highest BCUT2D eigenvalue weighted by atomic mass is 35.5. The first-order valence-electron chi connectivity index (χ1n) is 12.6. The van der Waals surface area contributed by atoms with Crippen LogP contribution >= 0.6 is 23.8 Å². The van der Waals surface area contributed by atoms with Gasteiger partial charge in [-0.2, -0.15) is 0 Å². The minimum absolute atomic E-state index is 0.00255. The topological polar surface area (TPSA) is 71.4 Å². The second-order valence-electron chi connectivity index (χ2n) is 9.62. The molecule has 4 aromatic rings. The van der Waals surface area contributed by atoms with E-state index in [0.717, 1.165) is 39.6 Å². The molecule has 200 valence electrons. The number of hydrogen-bond acceptors (Lipinski definition) is 4. The van der Waals surface area contributed by atoms with Crippen molar-refractivity contribution >= 4 is 46.2 Å². The van der Waals surface area contributed by atoms with Crippen molar-refractivity contribution in [3.63, 3.8) is 0 Å². The number of carbonyl (C=O) groups excluding carboxylic acids is 1. The lowest BCUT2D eigenvalue weighted by Gasteiger charge is -2.28. The smallest absolute Gasteiger partial charge is 0.250 e. The van der Waals surface area contributed by atoms with E-state index in [9.17, 15) is 4.79 Å². The lowest BCUT2D eigenvalue weighted by molar-refractivity contribution is -0.119. The zero-order valence-electron chi connectivity index (χ0n) is 22.2. The SMILES string of the molecule is COCC(=O)Nc1ccc(N2C(=S)N[C@H](c3ccccn3)[C@@H]2c2cc(C)n(-c3cc(Cl)ccc3C)c2C)cc1. The Morgan fingerprint density at radius 2 is 1.87 bits per heavy atom. The molecule has 5 rings (SSSR count). The Balaban J connectivity index is 1.60. The molecule has 9 heteroatoms. The van der Waals surface area contributed by atoms with Crippen molar-refractivity contribution < 1.29 is 9.53 Å². The van der Waals surface area contributed by atoms with Crippen molar-refractivity contribution in [2.45, 2.75) is 32.9 Å². The fraction of sp³-hybridized carbons (Fsp3) is 0.233. The van der Waals surface area contributed by atoms with Crippen LogP contribution in [0.15, 0.2) is 72.9 Å². The summed E-state index contributed by atoms with van der Waals surface area (Å²) >= 11 is 12.3. The molecule has 0 saturated carbocycles. The van der Waals surface area contributed by atoms with Gasteiger partial charge >= 0.3 is 0 Å². The van der Waals surface area contributed by atoms with Crippen LogP contribution in [-0.4, -0.2) is 34.3 Å². The number of ether oxygens (including phenoxy) is 1. The molecular weight excluding hydrogens is 530 g/mol. The molecule has 1 aliphatic heterocycles. The summed E-state index contributed by atoms with van der Waals surface area (Å²) < 4.78 is 7.17. The van der Waals surface area contributed by atoms with Crippen LogP contribution in [0.3, 0.4) is 0 Å². The summed E-state index contributed by atoms with van der Waals surface area (Å²) in [5.41, 5.74) is 8.01. The van der Waals surface area contributed by atoms with E-state index in [1.165, 1.54) is 7.11 Å². The summed E-state index contributed by atoms with van der Waals surface area (Å²) in [5, 5.41) is 7.67. The number of anilines is 2. The minimum Gasteiger partial charge on any atom is -0.375 e. The van der Waals surface area contributed by atoms with Crippen LogP contribution in [-0.2, 0) is 9.53 Å². The lowest BCUT2D eigenvalue weighted by atomic mass is 9.96. The highest BCUT2D eigenvalue weighted by Gasteiger charge is 2.42. The van der Waals surface area contributed by atoms with E-state index in [1.807, 2.05) is 60.7 Å². The maximum atomic E-state index is 12.0. The molecule has 1 aliphatic rings. The number of nitrogens with zero attached hydrogens (tertiary/aromatic N) is 3. The van der Waals surface area contributed by atoms with Crippen LogP contribution < -0.4 is 15.5 Å². The molecule has 2 aromatic heterocycles. The molecule has 0 aliphatic carbocycles. The highest BCUT2D eigenvalue weighted by molar-refractivity contribution is 7.80. The standard InChI is InChI=1S/C30H30ClN5O2S/c1-18-8-9-21(31)16-26(18)35-19(2)15-24(20(35)3)29-28(25-7-5-6-14-32-25)34-30(39)36(29)23-12-10-22(11-13-23)33-27(37)17-38-4/h5-16,28-29H,17H2,1-4H3,(H,33,37)(H,34,39)/t28-,29+/m1/s1. The van der Waals surface area contributed by atoms with Gasteiger partial charge in [0.15, 0.2) is 5.11 Å². The van der Waals surface area contributed by atoms with Gasteiger partial charge in [0.05, 0.1) is 17.8 Å². The second kappa shape index (κ2) is 11.2. The number of halogens is 1. The number of aryl methyl sites for hydroxylation is 2. The monoisotopic (exact) mass is 559 g/mol. The molecule has 1 amide bonds. The molecule has 0 bridgehead atoms. The summed E-state index contributed by atoms with van der Waals surface area (Å²) in [6.07, 6.45) is 1.80. The summed E-state index contributed by atoms with van der Waals surface area (Å²) in [7, 11) is 1.49. The van der Waals surface area contributed by atoms with E-state index >= 15 is 0 Å². The molecule has 7 nitrogen and oxygen atoms in total. The van der Waals surface area contributed by atoms with E-state index in [-0.39, 0.29) is 24.6 Å². The molecular formula is C30H30ClN5O2S. The number of hydrogen-bond donors (Lipinski definition) is 2. The Hall–Kier alpha value is -3.72. The van der Waals surface area contributed by atoms with Gasteiger partial charge in [0.1, 0.15) is 6.61 Å². The molecule has 39 heavy (non-hydrogen) atoms. The molecule has 2 atom stereocenters. The third-order valence-corrected chi connectivity index (χ3v) is 7.55. The molecule has 0 spiro atoms. The zero-order valence-corrected chi connectivity index (χ0v) is 23.8. The van der Waals surface area contributed by atoms with Crippen LogP contribution in [0.1, 0.15) is 40.3 Å². The first-order valence-corrected chi connectivity index (χ1v) is 13.4. The quantitative estimate of drug-likeness (QED) is 0.262. The van der Waals surface area contributed by atoms with Crippen molar-refractivity contribution in [2.75, 3.05) is 23.9 Å². The lowest BCUT2D eigenvalue weighted by Crippen LogP contribution is -2.29. The van der Waals surface area contributed by atoms with Crippen LogP contribution in [0.4, 0.5) is 11.4 Å². The number of methoxy groups -OCH3 is 1. The largest absolute Gasteiger partial charge is 0.375 e. The van der Waals surface area contributed by atoms with Gasteiger partial charge in [0, 0.05) is 46.8 Å².